The average Bonchev–Trinajstić information content (AvgIpc) is 3.72. The van der Waals surface area contributed by atoms with Crippen LogP contribution in [0.15, 0.2) is 170 Å². The van der Waals surface area contributed by atoms with E-state index in [0.717, 1.165) is 44.3 Å². The Morgan fingerprint density at radius 1 is 0.407 bits per heavy atom. The molecular formula is C51H34N2S. The van der Waals surface area contributed by atoms with Gasteiger partial charge in [0.2, 0.25) is 0 Å². The second-order valence-electron chi connectivity index (χ2n) is 15.0. The zero-order chi connectivity index (χ0) is 36.0. The summed E-state index contributed by atoms with van der Waals surface area (Å²) in [6.07, 6.45) is 0. The van der Waals surface area contributed by atoms with Gasteiger partial charge in [-0.15, -0.1) is 11.3 Å². The Kier molecular flexibility index (Phi) is 6.80. The van der Waals surface area contributed by atoms with Gasteiger partial charge in [0.15, 0.2) is 0 Å². The number of rotatable bonds is 4. The van der Waals surface area contributed by atoms with Crippen molar-refractivity contribution in [3.8, 4) is 55.9 Å². The lowest BCUT2D eigenvalue weighted by molar-refractivity contribution is 0.660. The van der Waals surface area contributed by atoms with Crippen molar-refractivity contribution in [2.45, 2.75) is 19.3 Å². The standard InChI is InChI=1S/C51H34N2S/c1-51(2)43-12-5-3-8-39(43)40-27-24-37(30-44(40)51)31-14-18-33(19-15-31)45-28-25-35-22-23-36-26-29-46(53-49(36)48(35)52-45)34-20-16-32(17-21-34)38-10-7-11-42-41-9-4-6-13-47(41)54-50(38)42/h3-30H,1-2H3. The van der Waals surface area contributed by atoms with Crippen molar-refractivity contribution in [1.82, 2.24) is 9.97 Å². The van der Waals surface area contributed by atoms with Gasteiger partial charge in [0, 0.05) is 47.5 Å². The lowest BCUT2D eigenvalue weighted by Gasteiger charge is -2.22. The average molecular weight is 707 g/mol. The molecule has 0 unspecified atom stereocenters. The molecule has 0 saturated heterocycles. The third-order valence-electron chi connectivity index (χ3n) is 11.5. The Hall–Kier alpha value is -6.42. The molecule has 0 bridgehead atoms. The molecule has 54 heavy (non-hydrogen) atoms. The largest absolute Gasteiger partial charge is 0.245 e. The van der Waals surface area contributed by atoms with Crippen molar-refractivity contribution >= 4 is 53.3 Å². The molecule has 254 valence electrons. The van der Waals surface area contributed by atoms with Crippen molar-refractivity contribution < 1.29 is 0 Å². The first-order chi connectivity index (χ1) is 26.5. The highest BCUT2D eigenvalue weighted by molar-refractivity contribution is 7.26. The van der Waals surface area contributed by atoms with Crippen LogP contribution >= 0.6 is 11.3 Å². The Morgan fingerprint density at radius 2 is 0.944 bits per heavy atom. The van der Waals surface area contributed by atoms with Crippen LogP contribution in [-0.4, -0.2) is 9.97 Å². The van der Waals surface area contributed by atoms with Gasteiger partial charge in [-0.05, 0) is 68.8 Å². The van der Waals surface area contributed by atoms with Gasteiger partial charge in [0.05, 0.1) is 22.4 Å². The highest BCUT2D eigenvalue weighted by Crippen LogP contribution is 2.49. The van der Waals surface area contributed by atoms with E-state index in [1.165, 1.54) is 64.7 Å². The molecule has 0 radical (unpaired) electrons. The number of benzene rings is 7. The van der Waals surface area contributed by atoms with Crippen molar-refractivity contribution in [2.75, 3.05) is 0 Å². The molecule has 0 atom stereocenters. The van der Waals surface area contributed by atoms with Crippen molar-refractivity contribution in [3.63, 3.8) is 0 Å². The van der Waals surface area contributed by atoms with E-state index >= 15 is 0 Å². The normalized spacial score (nSPS) is 13.1. The summed E-state index contributed by atoms with van der Waals surface area (Å²) in [6, 6.07) is 61.6. The molecule has 2 nitrogen and oxygen atoms in total. The molecule has 0 saturated carbocycles. The van der Waals surface area contributed by atoms with Gasteiger partial charge in [-0.1, -0.05) is 159 Å². The molecule has 7 aromatic carbocycles. The SMILES string of the molecule is CC1(C)c2ccccc2-c2ccc(-c3ccc(-c4ccc5ccc6ccc(-c7ccc(-c8cccc9c8sc8ccccc89)cc7)nc6c5n4)cc3)cc21. The van der Waals surface area contributed by atoms with E-state index < -0.39 is 0 Å². The maximum Gasteiger partial charge on any atom is 0.0972 e. The van der Waals surface area contributed by atoms with Crippen LogP contribution < -0.4 is 0 Å². The van der Waals surface area contributed by atoms with E-state index in [9.17, 15) is 0 Å². The highest BCUT2D eigenvalue weighted by Gasteiger charge is 2.35. The van der Waals surface area contributed by atoms with E-state index in [1.54, 1.807) is 0 Å². The summed E-state index contributed by atoms with van der Waals surface area (Å²) in [7, 11) is 0. The number of aromatic nitrogens is 2. The Bertz CT molecular complexity index is 3110. The van der Waals surface area contributed by atoms with E-state index in [4.69, 9.17) is 9.97 Å². The van der Waals surface area contributed by atoms with Crippen molar-refractivity contribution in [1.29, 1.82) is 0 Å². The van der Waals surface area contributed by atoms with Crippen LogP contribution in [0.2, 0.25) is 0 Å². The molecule has 0 aliphatic heterocycles. The second-order valence-corrected chi connectivity index (χ2v) is 16.0. The molecule has 3 heterocycles. The summed E-state index contributed by atoms with van der Waals surface area (Å²) in [4.78, 5) is 10.5. The van der Waals surface area contributed by atoms with Crippen LogP contribution in [0, 0.1) is 0 Å². The summed E-state index contributed by atoms with van der Waals surface area (Å²) >= 11 is 1.87. The minimum absolute atomic E-state index is 0.0216. The fourth-order valence-electron chi connectivity index (χ4n) is 8.60. The van der Waals surface area contributed by atoms with Crippen LogP contribution in [0.25, 0.3) is 97.9 Å². The number of hydrogen-bond donors (Lipinski definition) is 0. The van der Waals surface area contributed by atoms with E-state index in [-0.39, 0.29) is 5.41 Å². The molecule has 3 heteroatoms. The first-order valence-electron chi connectivity index (χ1n) is 18.6. The van der Waals surface area contributed by atoms with Crippen LogP contribution in [0.1, 0.15) is 25.0 Å². The molecule has 0 fully saturated rings. The first-order valence-corrected chi connectivity index (χ1v) is 19.4. The number of fused-ring (bicyclic) bond motifs is 9. The summed E-state index contributed by atoms with van der Waals surface area (Å²) in [5.41, 5.74) is 16.3. The molecule has 1 aliphatic carbocycles. The topological polar surface area (TPSA) is 25.8 Å². The van der Waals surface area contributed by atoms with E-state index in [1.807, 2.05) is 11.3 Å². The van der Waals surface area contributed by atoms with Gasteiger partial charge in [-0.25, -0.2) is 9.97 Å². The van der Waals surface area contributed by atoms with Gasteiger partial charge in [0.1, 0.15) is 0 Å². The van der Waals surface area contributed by atoms with Crippen LogP contribution in [-0.2, 0) is 5.41 Å². The summed E-state index contributed by atoms with van der Waals surface area (Å²) < 4.78 is 2.65. The first kappa shape index (κ1) is 31.1. The fraction of sp³-hybridized carbons (Fsp3) is 0.0588. The molecule has 0 N–H and O–H groups in total. The highest BCUT2D eigenvalue weighted by atomic mass is 32.1. The quantitative estimate of drug-likeness (QED) is 0.170. The summed E-state index contributed by atoms with van der Waals surface area (Å²) in [5.74, 6) is 0. The molecule has 3 aromatic heterocycles. The lowest BCUT2D eigenvalue weighted by atomic mass is 9.81. The maximum atomic E-state index is 5.24. The Morgan fingerprint density at radius 3 is 1.67 bits per heavy atom. The van der Waals surface area contributed by atoms with Gasteiger partial charge < -0.3 is 0 Å². The molecular weight excluding hydrogens is 673 g/mol. The number of pyridine rings is 2. The molecule has 11 rings (SSSR count). The zero-order valence-corrected chi connectivity index (χ0v) is 30.8. The fourth-order valence-corrected chi connectivity index (χ4v) is 9.84. The third kappa shape index (κ3) is 4.79. The number of thiophene rings is 1. The molecule has 0 amide bonds. The molecule has 1 aliphatic rings. The van der Waals surface area contributed by atoms with Gasteiger partial charge in [-0.2, -0.15) is 0 Å². The van der Waals surface area contributed by atoms with Crippen molar-refractivity contribution in [3.05, 3.63) is 181 Å². The van der Waals surface area contributed by atoms with E-state index in [2.05, 4.69) is 184 Å². The predicted molar refractivity (Wildman–Crippen MR) is 229 cm³/mol. The number of hydrogen-bond acceptors (Lipinski definition) is 3. The van der Waals surface area contributed by atoms with Crippen molar-refractivity contribution in [2.24, 2.45) is 0 Å². The second kappa shape index (κ2) is 11.8. The number of nitrogens with zero attached hydrogens (tertiary/aromatic N) is 2. The smallest absolute Gasteiger partial charge is 0.0972 e. The third-order valence-corrected chi connectivity index (χ3v) is 12.7. The van der Waals surface area contributed by atoms with E-state index in [0.29, 0.717) is 0 Å². The summed E-state index contributed by atoms with van der Waals surface area (Å²) in [5, 5.41) is 4.81. The van der Waals surface area contributed by atoms with Crippen LogP contribution in [0.4, 0.5) is 0 Å². The molecule has 0 spiro atoms. The van der Waals surface area contributed by atoms with Gasteiger partial charge in [0.25, 0.3) is 0 Å². The summed E-state index contributed by atoms with van der Waals surface area (Å²) in [6.45, 7) is 4.67. The lowest BCUT2D eigenvalue weighted by Crippen LogP contribution is -2.14. The van der Waals surface area contributed by atoms with Gasteiger partial charge in [-0.3, -0.25) is 0 Å². The maximum absolute atomic E-state index is 5.24. The zero-order valence-electron chi connectivity index (χ0n) is 30.0. The Balaban J connectivity index is 0.919. The van der Waals surface area contributed by atoms with Gasteiger partial charge >= 0.3 is 0 Å². The van der Waals surface area contributed by atoms with Crippen LogP contribution in [0.5, 0.6) is 0 Å². The molecule has 10 aromatic rings. The minimum Gasteiger partial charge on any atom is -0.245 e. The Labute approximate surface area is 318 Å². The monoisotopic (exact) mass is 706 g/mol. The van der Waals surface area contributed by atoms with Crippen LogP contribution in [0.3, 0.4) is 0 Å². The minimum atomic E-state index is -0.0216. The predicted octanol–water partition coefficient (Wildman–Crippen LogP) is 14.1.